The summed E-state index contributed by atoms with van der Waals surface area (Å²) in [6.45, 7) is 6.68. The van der Waals surface area contributed by atoms with Crippen LogP contribution in [0.4, 0.5) is 0 Å². The zero-order valence-corrected chi connectivity index (χ0v) is 8.05. The minimum Gasteiger partial charge on any atom is -0.388 e. The van der Waals surface area contributed by atoms with E-state index in [-0.39, 0.29) is 5.54 Å². The van der Waals surface area contributed by atoms with Crippen molar-refractivity contribution >= 4 is 9.84 Å². The van der Waals surface area contributed by atoms with Crippen molar-refractivity contribution in [1.82, 2.24) is 9.13 Å². The summed E-state index contributed by atoms with van der Waals surface area (Å²) in [4.78, 5) is 0. The summed E-state index contributed by atoms with van der Waals surface area (Å²) in [5.41, 5.74) is 0.277. The Morgan fingerprint density at radius 3 is 2.00 bits per heavy atom. The first-order chi connectivity index (χ1) is 4.50. The van der Waals surface area contributed by atoms with Crippen molar-refractivity contribution in [2.24, 2.45) is 0 Å². The van der Waals surface area contributed by atoms with E-state index < -0.39 is 0 Å². The lowest BCUT2D eigenvalue weighted by molar-refractivity contribution is 0.329. The predicted octanol–water partition coefficient (Wildman–Crippen LogP) is 1.04. The number of hydrogen-bond donors (Lipinski definition) is 0. The first-order valence-corrected chi connectivity index (χ1v) is 4.36. The molecule has 0 amide bonds. The lowest BCUT2D eigenvalue weighted by atomic mass is 10.1. The van der Waals surface area contributed by atoms with Gasteiger partial charge >= 0.3 is 9.84 Å². The molecule has 3 heteroatoms. The summed E-state index contributed by atoms with van der Waals surface area (Å²) >= 11 is 0. The standard InChI is InChI=1S/C7H14N2Si/c1-7(2,3)9-6-5-8(4)10-9/h5-6H,1-4H3. The third kappa shape index (κ3) is 1.53. The van der Waals surface area contributed by atoms with Crippen molar-refractivity contribution in [2.75, 3.05) is 7.05 Å². The third-order valence-corrected chi connectivity index (χ3v) is 2.93. The molecule has 10 heavy (non-hydrogen) atoms. The molecule has 0 saturated carbocycles. The molecule has 1 aliphatic heterocycles. The Bertz CT molecular complexity index is 148. The second kappa shape index (κ2) is 2.31. The molecule has 2 nitrogen and oxygen atoms in total. The van der Waals surface area contributed by atoms with Crippen molar-refractivity contribution in [2.45, 2.75) is 26.3 Å². The molecule has 0 N–H and O–H groups in total. The molecule has 0 aromatic carbocycles. The molecule has 0 fully saturated rings. The van der Waals surface area contributed by atoms with E-state index in [1.165, 1.54) is 0 Å². The zero-order chi connectivity index (χ0) is 7.78. The van der Waals surface area contributed by atoms with E-state index in [0.29, 0.717) is 0 Å². The van der Waals surface area contributed by atoms with Crippen LogP contribution in [0, 0.1) is 0 Å². The van der Waals surface area contributed by atoms with Gasteiger partial charge in [0.1, 0.15) is 0 Å². The molecular formula is C7H14N2Si. The number of nitrogens with zero attached hydrogens (tertiary/aromatic N) is 2. The van der Waals surface area contributed by atoms with Crippen molar-refractivity contribution in [3.05, 3.63) is 12.4 Å². The SMILES string of the molecule is CN1C=CN(C(C)(C)C)[Si]1. The molecule has 0 atom stereocenters. The third-order valence-electron chi connectivity index (χ3n) is 1.43. The monoisotopic (exact) mass is 154 g/mol. The fourth-order valence-corrected chi connectivity index (χ4v) is 1.68. The van der Waals surface area contributed by atoms with Crippen LogP contribution in [0.5, 0.6) is 0 Å². The van der Waals surface area contributed by atoms with Gasteiger partial charge in [0.05, 0.1) is 0 Å². The van der Waals surface area contributed by atoms with Gasteiger partial charge in [0.2, 0.25) is 0 Å². The quantitative estimate of drug-likeness (QED) is 0.481. The van der Waals surface area contributed by atoms with Crippen LogP contribution in [0.25, 0.3) is 0 Å². The first kappa shape index (κ1) is 7.66. The maximum Gasteiger partial charge on any atom is 0.332 e. The van der Waals surface area contributed by atoms with Gasteiger partial charge in [-0.25, -0.2) is 0 Å². The van der Waals surface area contributed by atoms with E-state index >= 15 is 0 Å². The van der Waals surface area contributed by atoms with Crippen LogP contribution >= 0.6 is 0 Å². The van der Waals surface area contributed by atoms with Gasteiger partial charge in [-0.05, 0) is 27.8 Å². The summed E-state index contributed by atoms with van der Waals surface area (Å²) < 4.78 is 4.54. The molecule has 0 aromatic rings. The van der Waals surface area contributed by atoms with Crippen molar-refractivity contribution in [3.63, 3.8) is 0 Å². The minimum atomic E-state index is 0.277. The van der Waals surface area contributed by atoms with Crippen molar-refractivity contribution < 1.29 is 0 Å². The van der Waals surface area contributed by atoms with E-state index in [2.05, 4.69) is 49.3 Å². The van der Waals surface area contributed by atoms with Crippen LogP contribution in [-0.4, -0.2) is 31.6 Å². The van der Waals surface area contributed by atoms with E-state index in [9.17, 15) is 0 Å². The molecule has 56 valence electrons. The van der Waals surface area contributed by atoms with Crippen LogP contribution < -0.4 is 0 Å². The fourth-order valence-electron chi connectivity index (χ4n) is 0.777. The molecule has 1 rings (SSSR count). The van der Waals surface area contributed by atoms with Gasteiger partial charge in [-0.3, -0.25) is 0 Å². The average Bonchev–Trinajstić information content (AvgIpc) is 2.11. The van der Waals surface area contributed by atoms with E-state index in [1.54, 1.807) is 0 Å². The highest BCUT2D eigenvalue weighted by atomic mass is 28.2. The van der Waals surface area contributed by atoms with Gasteiger partial charge in [-0.15, -0.1) is 0 Å². The van der Waals surface area contributed by atoms with Crippen LogP contribution in [0.3, 0.4) is 0 Å². The molecule has 0 bridgehead atoms. The van der Waals surface area contributed by atoms with E-state index in [4.69, 9.17) is 0 Å². The Balaban J connectivity index is 2.55. The average molecular weight is 154 g/mol. The van der Waals surface area contributed by atoms with E-state index in [0.717, 1.165) is 9.84 Å². The van der Waals surface area contributed by atoms with Gasteiger partial charge in [-0.2, -0.15) is 0 Å². The summed E-state index contributed by atoms with van der Waals surface area (Å²) in [5, 5.41) is 0. The maximum atomic E-state index is 2.34. The molecule has 0 aromatic heterocycles. The topological polar surface area (TPSA) is 6.48 Å². The van der Waals surface area contributed by atoms with E-state index in [1.807, 2.05) is 0 Å². The molecule has 0 saturated heterocycles. The first-order valence-electron chi connectivity index (χ1n) is 3.47. The molecule has 1 heterocycles. The summed E-state index contributed by atoms with van der Waals surface area (Å²) in [7, 11) is 2.88. The van der Waals surface area contributed by atoms with Gasteiger partial charge in [0.25, 0.3) is 0 Å². The largest absolute Gasteiger partial charge is 0.388 e. The Labute approximate surface area is 65.5 Å². The minimum absolute atomic E-state index is 0.277. The normalized spacial score (nSPS) is 18.8. The highest BCUT2D eigenvalue weighted by Gasteiger charge is 2.23. The highest BCUT2D eigenvalue weighted by molar-refractivity contribution is 6.30. The molecule has 0 aliphatic carbocycles. The van der Waals surface area contributed by atoms with Gasteiger partial charge in [0.15, 0.2) is 0 Å². The zero-order valence-electron chi connectivity index (χ0n) is 7.05. The van der Waals surface area contributed by atoms with Crippen molar-refractivity contribution in [1.29, 1.82) is 0 Å². The highest BCUT2D eigenvalue weighted by Crippen LogP contribution is 2.15. The Morgan fingerprint density at radius 1 is 1.20 bits per heavy atom. The van der Waals surface area contributed by atoms with Crippen LogP contribution in [0.1, 0.15) is 20.8 Å². The molecule has 1 aliphatic rings. The number of rotatable bonds is 0. The Morgan fingerprint density at radius 2 is 1.80 bits per heavy atom. The van der Waals surface area contributed by atoms with Crippen LogP contribution in [-0.2, 0) is 0 Å². The molecular weight excluding hydrogens is 140 g/mol. The lowest BCUT2D eigenvalue weighted by Crippen LogP contribution is -2.41. The molecule has 0 spiro atoms. The van der Waals surface area contributed by atoms with Gasteiger partial charge in [-0.1, -0.05) is 0 Å². The summed E-state index contributed by atoms with van der Waals surface area (Å²) in [6, 6.07) is 0. The van der Waals surface area contributed by atoms with Gasteiger partial charge in [0, 0.05) is 17.9 Å². The van der Waals surface area contributed by atoms with Crippen LogP contribution in [0.2, 0.25) is 0 Å². The summed E-state index contributed by atoms with van der Waals surface area (Å²) in [5.74, 6) is 0. The second-order valence-corrected chi connectivity index (χ2v) is 4.94. The van der Waals surface area contributed by atoms with Crippen molar-refractivity contribution in [3.8, 4) is 0 Å². The Kier molecular flexibility index (Phi) is 1.77. The fraction of sp³-hybridized carbons (Fsp3) is 0.714. The molecule has 0 unspecified atom stereocenters. The van der Waals surface area contributed by atoms with Crippen LogP contribution in [0.15, 0.2) is 12.4 Å². The number of hydrogen-bond acceptors (Lipinski definition) is 2. The Hall–Kier alpha value is -0.443. The second-order valence-electron chi connectivity index (χ2n) is 3.55. The maximum absolute atomic E-state index is 2.34. The smallest absolute Gasteiger partial charge is 0.332 e. The summed E-state index contributed by atoms with van der Waals surface area (Å²) in [6.07, 6.45) is 4.27. The molecule has 2 radical (unpaired) electrons. The van der Waals surface area contributed by atoms with Gasteiger partial charge < -0.3 is 9.13 Å². The predicted molar refractivity (Wildman–Crippen MR) is 44.2 cm³/mol. The lowest BCUT2D eigenvalue weighted by Gasteiger charge is -2.31.